The molecule has 1 amide bonds. The number of benzene rings is 1. The van der Waals surface area contributed by atoms with Crippen LogP contribution < -0.4 is 10.6 Å². The van der Waals surface area contributed by atoms with Crippen LogP contribution in [0, 0.1) is 0 Å². The molecule has 0 saturated carbocycles. The smallest absolute Gasteiger partial charge is 0.243 e. The Morgan fingerprint density at radius 1 is 1.39 bits per heavy atom. The van der Waals surface area contributed by atoms with Crippen LogP contribution in [0.2, 0.25) is 0 Å². The van der Waals surface area contributed by atoms with Gasteiger partial charge in [0.25, 0.3) is 0 Å². The number of nitrogens with one attached hydrogen (secondary N) is 2. The van der Waals surface area contributed by atoms with Gasteiger partial charge in [0.05, 0.1) is 25.1 Å². The van der Waals surface area contributed by atoms with Crippen molar-refractivity contribution in [3.8, 4) is 0 Å². The lowest BCUT2D eigenvalue weighted by molar-refractivity contribution is -0.117. The topological polar surface area (TPSA) is 77.4 Å². The van der Waals surface area contributed by atoms with Gasteiger partial charge in [0.2, 0.25) is 5.91 Å². The number of anilines is 1. The van der Waals surface area contributed by atoms with E-state index >= 15 is 0 Å². The zero-order valence-electron chi connectivity index (χ0n) is 12.8. The summed E-state index contributed by atoms with van der Waals surface area (Å²) in [6.07, 6.45) is 5.04. The summed E-state index contributed by atoms with van der Waals surface area (Å²) in [4.78, 5) is 12.2. The van der Waals surface area contributed by atoms with Crippen LogP contribution >= 0.6 is 0 Å². The molecule has 4 rings (SSSR count). The first kappa shape index (κ1) is 14.6. The Kier molecular flexibility index (Phi) is 3.99. The average Bonchev–Trinajstić information content (AvgIpc) is 3.25. The Bertz CT molecular complexity index is 702. The van der Waals surface area contributed by atoms with Gasteiger partial charge in [0, 0.05) is 17.7 Å². The van der Waals surface area contributed by atoms with E-state index in [0.717, 1.165) is 42.5 Å². The van der Waals surface area contributed by atoms with Crippen molar-refractivity contribution in [3.63, 3.8) is 0 Å². The highest BCUT2D eigenvalue weighted by Crippen LogP contribution is 2.27. The highest BCUT2D eigenvalue weighted by Gasteiger charge is 2.23. The van der Waals surface area contributed by atoms with Crippen LogP contribution in [0.15, 0.2) is 24.4 Å². The lowest BCUT2D eigenvalue weighted by Gasteiger charge is -2.23. The first-order valence-electron chi connectivity index (χ1n) is 8.02. The van der Waals surface area contributed by atoms with Crippen molar-refractivity contribution in [3.05, 3.63) is 24.4 Å². The van der Waals surface area contributed by atoms with Gasteiger partial charge in [-0.15, -0.1) is 0 Å². The lowest BCUT2D eigenvalue weighted by Crippen LogP contribution is -2.37. The molecule has 1 aromatic heterocycles. The third-order valence-corrected chi connectivity index (χ3v) is 4.33. The van der Waals surface area contributed by atoms with Gasteiger partial charge in [-0.2, -0.15) is 5.10 Å². The minimum absolute atomic E-state index is 0.0166. The van der Waals surface area contributed by atoms with Gasteiger partial charge in [-0.1, -0.05) is 0 Å². The molecule has 0 spiro atoms. The van der Waals surface area contributed by atoms with Crippen LogP contribution in [0.3, 0.4) is 0 Å². The largest absolute Gasteiger partial charge is 0.364 e. The maximum atomic E-state index is 12.2. The number of nitrogens with zero attached hydrogens (tertiary/aromatic N) is 2. The number of fused-ring (bicyclic) bond motifs is 1. The standard InChI is InChI=1S/C16H20N4O3/c21-16(13-9-22-10-17-13)19-12-5-4-11-8-18-20(14(11)7-12)15-3-1-2-6-23-15/h4-5,7-8,13,15,17H,1-3,6,9-10H2,(H,19,21). The fourth-order valence-corrected chi connectivity index (χ4v) is 3.05. The lowest BCUT2D eigenvalue weighted by atomic mass is 10.2. The average molecular weight is 316 g/mol. The summed E-state index contributed by atoms with van der Waals surface area (Å²) in [6.45, 7) is 1.60. The monoisotopic (exact) mass is 316 g/mol. The highest BCUT2D eigenvalue weighted by atomic mass is 16.5. The van der Waals surface area contributed by atoms with Gasteiger partial charge in [-0.25, -0.2) is 4.68 Å². The van der Waals surface area contributed by atoms with Crippen molar-refractivity contribution >= 4 is 22.5 Å². The van der Waals surface area contributed by atoms with E-state index in [1.54, 1.807) is 0 Å². The molecule has 2 aromatic rings. The molecule has 2 aliphatic heterocycles. The van der Waals surface area contributed by atoms with Crippen molar-refractivity contribution in [2.45, 2.75) is 31.5 Å². The SMILES string of the molecule is O=C(Nc1ccc2cnn(C3CCCCO3)c2c1)C1COCN1. The second-order valence-corrected chi connectivity index (χ2v) is 5.95. The second-order valence-electron chi connectivity index (χ2n) is 5.95. The molecule has 23 heavy (non-hydrogen) atoms. The first-order chi connectivity index (χ1) is 11.3. The number of ether oxygens (including phenoxy) is 2. The maximum Gasteiger partial charge on any atom is 0.243 e. The summed E-state index contributed by atoms with van der Waals surface area (Å²) in [5.74, 6) is -0.0816. The second kappa shape index (κ2) is 6.27. The summed E-state index contributed by atoms with van der Waals surface area (Å²) in [5, 5.41) is 11.4. The quantitative estimate of drug-likeness (QED) is 0.900. The molecule has 1 aromatic carbocycles. The summed E-state index contributed by atoms with van der Waals surface area (Å²) in [5.41, 5.74) is 1.74. The fraction of sp³-hybridized carbons (Fsp3) is 0.500. The van der Waals surface area contributed by atoms with Crippen molar-refractivity contribution in [2.75, 3.05) is 25.3 Å². The normalized spacial score (nSPS) is 24.9. The van der Waals surface area contributed by atoms with Crippen LogP contribution in [0.1, 0.15) is 25.5 Å². The van der Waals surface area contributed by atoms with Crippen LogP contribution in [0.25, 0.3) is 10.9 Å². The molecule has 7 heteroatoms. The van der Waals surface area contributed by atoms with E-state index in [1.165, 1.54) is 0 Å². The molecule has 3 heterocycles. The Hall–Kier alpha value is -1.96. The number of aromatic nitrogens is 2. The summed E-state index contributed by atoms with van der Waals surface area (Å²) >= 11 is 0. The Balaban J connectivity index is 1.57. The van der Waals surface area contributed by atoms with Crippen molar-refractivity contribution in [1.29, 1.82) is 0 Å². The van der Waals surface area contributed by atoms with Gasteiger partial charge in [0.1, 0.15) is 6.04 Å². The van der Waals surface area contributed by atoms with E-state index in [0.29, 0.717) is 13.3 Å². The molecule has 2 aliphatic rings. The van der Waals surface area contributed by atoms with Crippen molar-refractivity contribution < 1.29 is 14.3 Å². The Labute approximate surface area is 133 Å². The van der Waals surface area contributed by atoms with Crippen LogP contribution in [-0.4, -0.2) is 41.7 Å². The number of hydrogen-bond acceptors (Lipinski definition) is 5. The zero-order valence-corrected chi connectivity index (χ0v) is 12.8. The summed E-state index contributed by atoms with van der Waals surface area (Å²) in [7, 11) is 0. The Morgan fingerprint density at radius 3 is 3.13 bits per heavy atom. The number of hydrogen-bond donors (Lipinski definition) is 2. The molecule has 2 atom stereocenters. The maximum absolute atomic E-state index is 12.2. The van der Waals surface area contributed by atoms with E-state index < -0.39 is 0 Å². The minimum atomic E-state index is -0.294. The molecule has 0 bridgehead atoms. The van der Waals surface area contributed by atoms with Gasteiger partial charge >= 0.3 is 0 Å². The van der Waals surface area contributed by atoms with Gasteiger partial charge < -0.3 is 14.8 Å². The molecular weight excluding hydrogens is 296 g/mol. The Morgan fingerprint density at radius 2 is 2.35 bits per heavy atom. The van der Waals surface area contributed by atoms with E-state index in [-0.39, 0.29) is 18.2 Å². The van der Waals surface area contributed by atoms with Crippen molar-refractivity contribution in [1.82, 2.24) is 15.1 Å². The molecule has 0 aliphatic carbocycles. The van der Waals surface area contributed by atoms with Gasteiger partial charge in [-0.05, 0) is 37.5 Å². The van der Waals surface area contributed by atoms with Gasteiger partial charge in [0.15, 0.2) is 6.23 Å². The predicted molar refractivity (Wildman–Crippen MR) is 84.9 cm³/mol. The molecular formula is C16H20N4O3. The van der Waals surface area contributed by atoms with E-state index in [4.69, 9.17) is 9.47 Å². The number of amides is 1. The predicted octanol–water partition coefficient (Wildman–Crippen LogP) is 1.62. The number of rotatable bonds is 3. The zero-order chi connectivity index (χ0) is 15.6. The van der Waals surface area contributed by atoms with Crippen LogP contribution in [0.4, 0.5) is 5.69 Å². The molecule has 122 valence electrons. The minimum Gasteiger partial charge on any atom is -0.364 e. The van der Waals surface area contributed by atoms with Crippen LogP contribution in [-0.2, 0) is 14.3 Å². The number of carbonyl (C=O) groups is 1. The molecule has 7 nitrogen and oxygen atoms in total. The van der Waals surface area contributed by atoms with E-state index in [1.807, 2.05) is 29.1 Å². The van der Waals surface area contributed by atoms with Crippen molar-refractivity contribution in [2.24, 2.45) is 0 Å². The van der Waals surface area contributed by atoms with Crippen LogP contribution in [0.5, 0.6) is 0 Å². The molecule has 0 radical (unpaired) electrons. The fourth-order valence-electron chi connectivity index (χ4n) is 3.05. The number of carbonyl (C=O) groups excluding carboxylic acids is 1. The summed E-state index contributed by atoms with van der Waals surface area (Å²) in [6, 6.07) is 5.52. The molecule has 2 N–H and O–H groups in total. The molecule has 2 saturated heterocycles. The summed E-state index contributed by atoms with van der Waals surface area (Å²) < 4.78 is 12.9. The third-order valence-electron chi connectivity index (χ3n) is 4.33. The van der Waals surface area contributed by atoms with Gasteiger partial charge in [-0.3, -0.25) is 10.1 Å². The molecule has 2 fully saturated rings. The third kappa shape index (κ3) is 2.95. The highest BCUT2D eigenvalue weighted by molar-refractivity contribution is 5.97. The van der Waals surface area contributed by atoms with E-state index in [2.05, 4.69) is 15.7 Å². The first-order valence-corrected chi connectivity index (χ1v) is 8.02. The van der Waals surface area contributed by atoms with E-state index in [9.17, 15) is 4.79 Å². The molecule has 2 unspecified atom stereocenters.